The van der Waals surface area contributed by atoms with Crippen molar-refractivity contribution in [3.8, 4) is 0 Å². The number of rotatable bonds is 5. The van der Waals surface area contributed by atoms with E-state index in [1.54, 1.807) is 19.2 Å². The SMILES string of the molecule is CC(NC(=O)c1cnn2cccnc12)c1oc2c(C(=O)OC(C)C(F)(F)F)cc(Cl)cc2c1Cl. The molecule has 3 heterocycles. The number of nitrogens with one attached hydrogen (secondary N) is 1. The lowest BCUT2D eigenvalue weighted by Gasteiger charge is -2.16. The number of benzene rings is 1. The molecule has 0 aliphatic heterocycles. The maximum atomic E-state index is 12.8. The van der Waals surface area contributed by atoms with Gasteiger partial charge in [-0.1, -0.05) is 23.2 Å². The molecule has 8 nitrogen and oxygen atoms in total. The molecule has 4 rings (SSSR count). The zero-order chi connectivity index (χ0) is 24.8. The first-order chi connectivity index (χ1) is 16.0. The number of ether oxygens (including phenoxy) is 1. The van der Waals surface area contributed by atoms with Crippen LogP contribution >= 0.6 is 23.2 Å². The van der Waals surface area contributed by atoms with Crippen molar-refractivity contribution >= 4 is 51.7 Å². The minimum absolute atomic E-state index is 0.0289. The van der Waals surface area contributed by atoms with Crippen molar-refractivity contribution in [1.29, 1.82) is 0 Å². The highest BCUT2D eigenvalue weighted by Crippen LogP contribution is 2.38. The van der Waals surface area contributed by atoms with Crippen molar-refractivity contribution in [3.63, 3.8) is 0 Å². The van der Waals surface area contributed by atoms with Crippen molar-refractivity contribution in [2.75, 3.05) is 0 Å². The molecule has 0 bridgehead atoms. The Hall–Kier alpha value is -3.31. The highest BCUT2D eigenvalue weighted by Gasteiger charge is 2.40. The smallest absolute Gasteiger partial charge is 0.425 e. The quantitative estimate of drug-likeness (QED) is 0.359. The monoisotopic (exact) mass is 514 g/mol. The van der Waals surface area contributed by atoms with E-state index < -0.39 is 30.2 Å². The molecule has 1 amide bonds. The molecule has 34 heavy (non-hydrogen) atoms. The molecule has 0 radical (unpaired) electrons. The zero-order valence-electron chi connectivity index (χ0n) is 17.5. The first-order valence-electron chi connectivity index (χ1n) is 9.75. The molecular formula is C21H15Cl2F3N4O4. The van der Waals surface area contributed by atoms with Gasteiger partial charge in [-0.25, -0.2) is 14.3 Å². The number of alkyl halides is 3. The molecule has 1 aromatic carbocycles. The molecule has 0 fully saturated rings. The van der Waals surface area contributed by atoms with Gasteiger partial charge in [0.05, 0.1) is 17.3 Å². The average molecular weight is 515 g/mol. The van der Waals surface area contributed by atoms with E-state index in [0.29, 0.717) is 12.6 Å². The van der Waals surface area contributed by atoms with Crippen LogP contribution in [0.1, 0.15) is 46.4 Å². The van der Waals surface area contributed by atoms with E-state index in [4.69, 9.17) is 27.6 Å². The summed E-state index contributed by atoms with van der Waals surface area (Å²) in [5.41, 5.74) is 0.0752. The minimum Gasteiger partial charge on any atom is -0.456 e. The van der Waals surface area contributed by atoms with Crippen LogP contribution < -0.4 is 5.32 Å². The van der Waals surface area contributed by atoms with Crippen molar-refractivity contribution in [1.82, 2.24) is 19.9 Å². The van der Waals surface area contributed by atoms with Crippen LogP contribution in [0.4, 0.5) is 13.2 Å². The average Bonchev–Trinajstić information content (AvgIpc) is 3.34. The lowest BCUT2D eigenvalue weighted by atomic mass is 10.1. The normalized spacial score (nSPS) is 13.7. The number of amides is 1. The molecule has 0 saturated carbocycles. The second kappa shape index (κ2) is 8.80. The summed E-state index contributed by atoms with van der Waals surface area (Å²) >= 11 is 12.5. The fourth-order valence-corrected chi connectivity index (χ4v) is 3.76. The lowest BCUT2D eigenvalue weighted by Crippen LogP contribution is -2.30. The van der Waals surface area contributed by atoms with Gasteiger partial charge in [-0.2, -0.15) is 18.3 Å². The standard InChI is InChI=1S/C21H15Cl2F3N4O4/c1-9(29-19(31)14-8-28-30-5-3-4-27-18(14)30)16-15(23)12-6-11(22)7-13(17(12)34-16)20(32)33-10(2)21(24,25)26/h3-10H,1-2H3,(H,29,31). The number of aromatic nitrogens is 3. The number of hydrogen-bond donors (Lipinski definition) is 1. The second-order valence-corrected chi connectivity index (χ2v) is 8.16. The Morgan fingerprint density at radius 3 is 2.65 bits per heavy atom. The first kappa shape index (κ1) is 23.8. The Morgan fingerprint density at radius 1 is 1.21 bits per heavy atom. The van der Waals surface area contributed by atoms with Gasteiger partial charge in [-0.15, -0.1) is 0 Å². The van der Waals surface area contributed by atoms with Crippen LogP contribution in [0.5, 0.6) is 0 Å². The third kappa shape index (κ3) is 4.40. The first-order valence-corrected chi connectivity index (χ1v) is 10.5. The molecule has 13 heteroatoms. The van der Waals surface area contributed by atoms with Gasteiger partial charge < -0.3 is 14.5 Å². The molecule has 3 aromatic heterocycles. The van der Waals surface area contributed by atoms with Crippen molar-refractivity contribution in [2.24, 2.45) is 0 Å². The van der Waals surface area contributed by atoms with Crippen LogP contribution in [0.3, 0.4) is 0 Å². The van der Waals surface area contributed by atoms with Gasteiger partial charge in [0.1, 0.15) is 16.9 Å². The summed E-state index contributed by atoms with van der Waals surface area (Å²) in [5, 5.41) is 6.99. The lowest BCUT2D eigenvalue weighted by molar-refractivity contribution is -0.198. The van der Waals surface area contributed by atoms with Crippen molar-refractivity contribution < 1.29 is 31.9 Å². The molecule has 2 atom stereocenters. The number of fused-ring (bicyclic) bond motifs is 2. The maximum absolute atomic E-state index is 12.8. The number of esters is 1. The fourth-order valence-electron chi connectivity index (χ4n) is 3.20. The van der Waals surface area contributed by atoms with Crippen LogP contribution in [-0.4, -0.2) is 38.8 Å². The number of hydrogen-bond acceptors (Lipinski definition) is 6. The summed E-state index contributed by atoms with van der Waals surface area (Å²) in [6.07, 6.45) is -2.61. The largest absolute Gasteiger partial charge is 0.456 e. The zero-order valence-corrected chi connectivity index (χ0v) is 19.0. The van der Waals surface area contributed by atoms with Crippen LogP contribution in [-0.2, 0) is 4.74 Å². The van der Waals surface area contributed by atoms with Gasteiger partial charge in [0.2, 0.25) is 0 Å². The number of carbonyl (C=O) groups is 2. The molecule has 1 N–H and O–H groups in total. The van der Waals surface area contributed by atoms with Gasteiger partial charge in [0.25, 0.3) is 5.91 Å². The highest BCUT2D eigenvalue weighted by molar-refractivity contribution is 6.38. The third-order valence-corrected chi connectivity index (χ3v) is 5.56. The molecule has 4 aromatic rings. The van der Waals surface area contributed by atoms with Gasteiger partial charge in [0, 0.05) is 22.8 Å². The Labute approximate surface area is 199 Å². The fraction of sp³-hybridized carbons (Fsp3) is 0.238. The van der Waals surface area contributed by atoms with Gasteiger partial charge in [-0.3, -0.25) is 4.79 Å². The molecule has 0 spiro atoms. The molecule has 178 valence electrons. The molecule has 0 aliphatic rings. The number of halogens is 5. The van der Waals surface area contributed by atoms with Gasteiger partial charge in [0.15, 0.2) is 17.3 Å². The van der Waals surface area contributed by atoms with E-state index in [1.165, 1.54) is 23.0 Å². The van der Waals surface area contributed by atoms with E-state index in [2.05, 4.69) is 20.1 Å². The summed E-state index contributed by atoms with van der Waals surface area (Å²) in [7, 11) is 0. The van der Waals surface area contributed by atoms with Gasteiger partial charge >= 0.3 is 12.1 Å². The van der Waals surface area contributed by atoms with E-state index in [9.17, 15) is 22.8 Å². The molecule has 0 aliphatic carbocycles. The Balaban J connectivity index is 1.65. The molecule has 2 unspecified atom stereocenters. The number of furan rings is 1. The topological polar surface area (TPSA) is 98.7 Å². The van der Waals surface area contributed by atoms with E-state index in [-0.39, 0.29) is 37.9 Å². The molecule has 0 saturated heterocycles. The Bertz CT molecular complexity index is 1420. The Kier molecular flexibility index (Phi) is 6.17. The summed E-state index contributed by atoms with van der Waals surface area (Å²) in [4.78, 5) is 29.3. The predicted octanol–water partition coefficient (Wildman–Crippen LogP) is 5.38. The number of carbonyl (C=O) groups excluding carboxylic acids is 2. The molecular weight excluding hydrogens is 500 g/mol. The Morgan fingerprint density at radius 2 is 1.94 bits per heavy atom. The third-order valence-electron chi connectivity index (χ3n) is 4.95. The second-order valence-electron chi connectivity index (χ2n) is 7.34. The van der Waals surface area contributed by atoms with Crippen LogP contribution in [0.2, 0.25) is 10.0 Å². The van der Waals surface area contributed by atoms with E-state index in [0.717, 1.165) is 6.07 Å². The summed E-state index contributed by atoms with van der Waals surface area (Å²) < 4.78 is 50.1. The van der Waals surface area contributed by atoms with Gasteiger partial charge in [-0.05, 0) is 32.0 Å². The predicted molar refractivity (Wildman–Crippen MR) is 116 cm³/mol. The van der Waals surface area contributed by atoms with Crippen LogP contribution in [0.15, 0.2) is 41.2 Å². The number of nitrogens with zero attached hydrogens (tertiary/aromatic N) is 3. The van der Waals surface area contributed by atoms with E-state index >= 15 is 0 Å². The van der Waals surface area contributed by atoms with Crippen molar-refractivity contribution in [3.05, 3.63) is 63.7 Å². The highest BCUT2D eigenvalue weighted by atomic mass is 35.5. The maximum Gasteiger partial charge on any atom is 0.425 e. The minimum atomic E-state index is -4.74. The van der Waals surface area contributed by atoms with Crippen LogP contribution in [0, 0.1) is 0 Å². The van der Waals surface area contributed by atoms with Crippen molar-refractivity contribution in [2.45, 2.75) is 32.2 Å². The summed E-state index contributed by atoms with van der Waals surface area (Å²) in [5.74, 6) is -1.74. The summed E-state index contributed by atoms with van der Waals surface area (Å²) in [6, 6.07) is 3.36. The van der Waals surface area contributed by atoms with E-state index in [1.807, 2.05) is 0 Å². The van der Waals surface area contributed by atoms with Crippen LogP contribution in [0.25, 0.3) is 16.6 Å². The summed E-state index contributed by atoms with van der Waals surface area (Å²) in [6.45, 7) is 2.28.